The van der Waals surface area contributed by atoms with Gasteiger partial charge in [-0.2, -0.15) is 0 Å². The van der Waals surface area contributed by atoms with Crippen LogP contribution in [0.15, 0.2) is 39.5 Å². The van der Waals surface area contributed by atoms with Crippen LogP contribution in [0.2, 0.25) is 0 Å². The van der Waals surface area contributed by atoms with Crippen LogP contribution in [0.3, 0.4) is 0 Å². The predicted molar refractivity (Wildman–Crippen MR) is 121 cm³/mol. The number of aromatic amines is 1. The van der Waals surface area contributed by atoms with Gasteiger partial charge in [-0.15, -0.1) is 21.5 Å². The molecule has 0 spiro atoms. The summed E-state index contributed by atoms with van der Waals surface area (Å²) >= 11 is 4.71. The molecule has 1 aromatic carbocycles. The normalized spacial score (nSPS) is 16.1. The van der Waals surface area contributed by atoms with Crippen molar-refractivity contribution in [3.63, 3.8) is 0 Å². The number of benzene rings is 1. The molecule has 6 nitrogen and oxygen atoms in total. The van der Waals surface area contributed by atoms with Crippen molar-refractivity contribution in [3.8, 4) is 0 Å². The Bertz CT molecular complexity index is 1210. The Balaban J connectivity index is 1.32. The Morgan fingerprint density at radius 3 is 2.97 bits per heavy atom. The number of hydrogen-bond donors (Lipinski definition) is 2. The highest BCUT2D eigenvalue weighted by molar-refractivity contribution is 8.00. The van der Waals surface area contributed by atoms with Gasteiger partial charge in [-0.1, -0.05) is 48.2 Å². The van der Waals surface area contributed by atoms with E-state index in [0.717, 1.165) is 44.6 Å². The van der Waals surface area contributed by atoms with Crippen molar-refractivity contribution in [3.05, 3.63) is 57.0 Å². The monoisotopic (exact) mass is 441 g/mol. The van der Waals surface area contributed by atoms with Crippen molar-refractivity contribution in [1.29, 1.82) is 0 Å². The number of hydrogen-bond acceptors (Lipinski definition) is 8. The smallest absolute Gasteiger partial charge is 0.259 e. The van der Waals surface area contributed by atoms with Gasteiger partial charge in [-0.05, 0) is 42.9 Å². The van der Waals surface area contributed by atoms with Crippen molar-refractivity contribution in [2.24, 2.45) is 5.92 Å². The van der Waals surface area contributed by atoms with Crippen LogP contribution in [0, 0.1) is 5.92 Å². The summed E-state index contributed by atoms with van der Waals surface area (Å²) in [6.07, 6.45) is 3.19. The van der Waals surface area contributed by atoms with Gasteiger partial charge in [0.1, 0.15) is 10.7 Å². The Hall–Kier alpha value is -2.23. The number of rotatable bonds is 5. The highest BCUT2D eigenvalue weighted by atomic mass is 32.2. The molecule has 1 atom stereocenters. The quantitative estimate of drug-likeness (QED) is 0.424. The van der Waals surface area contributed by atoms with Crippen molar-refractivity contribution >= 4 is 55.5 Å². The third-order valence-electron chi connectivity index (χ3n) is 4.98. The first-order chi connectivity index (χ1) is 14.2. The summed E-state index contributed by atoms with van der Waals surface area (Å²) in [5.41, 5.74) is 2.19. The second kappa shape index (κ2) is 7.89. The van der Waals surface area contributed by atoms with Crippen molar-refractivity contribution in [1.82, 2.24) is 20.2 Å². The molecule has 3 aromatic heterocycles. The first kappa shape index (κ1) is 18.8. The second-order valence-electron chi connectivity index (χ2n) is 7.20. The summed E-state index contributed by atoms with van der Waals surface area (Å²) in [7, 11) is 0. The van der Waals surface area contributed by atoms with Gasteiger partial charge in [0.05, 0.1) is 11.1 Å². The third-order valence-corrected chi connectivity index (χ3v) is 8.11. The molecule has 0 bridgehead atoms. The molecule has 5 rings (SSSR count). The lowest BCUT2D eigenvalue weighted by molar-refractivity contribution is 0.509. The van der Waals surface area contributed by atoms with E-state index in [4.69, 9.17) is 4.98 Å². The van der Waals surface area contributed by atoms with Gasteiger partial charge in [0.15, 0.2) is 4.34 Å². The molecule has 0 aliphatic heterocycles. The minimum atomic E-state index is -0.0126. The van der Waals surface area contributed by atoms with E-state index in [1.54, 1.807) is 11.3 Å². The standard InChI is InChI=1S/C20H19N5OS3/c1-11-7-8-13-14(9-11)28-18-16(13)17(26)22-15(23-18)10-27-20-25-24-19(29-20)21-12-5-3-2-4-6-12/h2-6,11H,7-10H2,1H3,(H,21,24)(H,22,23,26). The number of nitrogens with one attached hydrogen (secondary N) is 2. The van der Waals surface area contributed by atoms with E-state index in [9.17, 15) is 4.79 Å². The number of thiophene rings is 1. The summed E-state index contributed by atoms with van der Waals surface area (Å²) < 4.78 is 0.838. The van der Waals surface area contributed by atoms with Gasteiger partial charge in [-0.3, -0.25) is 4.79 Å². The Labute approximate surface area is 179 Å². The Morgan fingerprint density at radius 1 is 1.24 bits per heavy atom. The van der Waals surface area contributed by atoms with Crippen LogP contribution in [0.25, 0.3) is 10.2 Å². The van der Waals surface area contributed by atoms with Crippen molar-refractivity contribution in [2.45, 2.75) is 36.3 Å². The zero-order valence-electron chi connectivity index (χ0n) is 15.8. The molecule has 0 saturated carbocycles. The lowest BCUT2D eigenvalue weighted by Crippen LogP contribution is -2.14. The number of aromatic nitrogens is 4. The number of fused-ring (bicyclic) bond motifs is 3. The number of nitrogens with zero attached hydrogens (tertiary/aromatic N) is 3. The van der Waals surface area contributed by atoms with Crippen LogP contribution >= 0.6 is 34.4 Å². The number of para-hydroxylation sites is 1. The topological polar surface area (TPSA) is 83.6 Å². The molecule has 29 heavy (non-hydrogen) atoms. The van der Waals surface area contributed by atoms with Crippen LogP contribution in [-0.4, -0.2) is 20.2 Å². The number of thioether (sulfide) groups is 1. The van der Waals surface area contributed by atoms with E-state index in [-0.39, 0.29) is 5.56 Å². The highest BCUT2D eigenvalue weighted by Gasteiger charge is 2.23. The van der Waals surface area contributed by atoms with Gasteiger partial charge in [0, 0.05) is 10.6 Å². The van der Waals surface area contributed by atoms with Gasteiger partial charge in [0.2, 0.25) is 5.13 Å². The van der Waals surface area contributed by atoms with Crippen molar-refractivity contribution in [2.75, 3.05) is 5.32 Å². The Kier molecular flexibility index (Phi) is 5.11. The van der Waals surface area contributed by atoms with Crippen LogP contribution in [-0.2, 0) is 18.6 Å². The molecule has 3 heterocycles. The molecule has 4 aromatic rings. The molecule has 0 radical (unpaired) electrons. The molecule has 1 aliphatic rings. The van der Waals surface area contributed by atoms with Gasteiger partial charge in [0.25, 0.3) is 5.56 Å². The summed E-state index contributed by atoms with van der Waals surface area (Å²) in [6, 6.07) is 9.89. The maximum atomic E-state index is 12.7. The highest BCUT2D eigenvalue weighted by Crippen LogP contribution is 2.36. The minimum Gasteiger partial charge on any atom is -0.330 e. The fourth-order valence-electron chi connectivity index (χ4n) is 3.56. The average molecular weight is 442 g/mol. The zero-order chi connectivity index (χ0) is 19.8. The van der Waals surface area contributed by atoms with Gasteiger partial charge >= 0.3 is 0 Å². The van der Waals surface area contributed by atoms with E-state index in [1.165, 1.54) is 33.5 Å². The molecule has 9 heteroatoms. The SMILES string of the molecule is CC1CCc2c(sc3nc(CSc4nnc(Nc5ccccc5)s4)[nH]c(=O)c23)C1. The number of aryl methyl sites for hydroxylation is 1. The zero-order valence-corrected chi connectivity index (χ0v) is 18.2. The minimum absolute atomic E-state index is 0.0126. The largest absolute Gasteiger partial charge is 0.330 e. The molecule has 1 aliphatic carbocycles. The molecule has 148 valence electrons. The summed E-state index contributed by atoms with van der Waals surface area (Å²) in [5.74, 6) is 1.93. The van der Waals surface area contributed by atoms with Crippen LogP contribution in [0.5, 0.6) is 0 Å². The lowest BCUT2D eigenvalue weighted by Gasteiger charge is -2.17. The van der Waals surface area contributed by atoms with Crippen LogP contribution in [0.1, 0.15) is 29.6 Å². The molecular formula is C20H19N5OS3. The molecular weight excluding hydrogens is 422 g/mol. The first-order valence-electron chi connectivity index (χ1n) is 9.47. The fourth-order valence-corrected chi connectivity index (χ4v) is 6.60. The van der Waals surface area contributed by atoms with Crippen molar-refractivity contribution < 1.29 is 0 Å². The maximum Gasteiger partial charge on any atom is 0.259 e. The maximum absolute atomic E-state index is 12.7. The molecule has 2 N–H and O–H groups in total. The predicted octanol–water partition coefficient (Wildman–Crippen LogP) is 5.00. The fraction of sp³-hybridized carbons (Fsp3) is 0.300. The van der Waals surface area contributed by atoms with E-state index < -0.39 is 0 Å². The molecule has 0 amide bonds. The first-order valence-corrected chi connectivity index (χ1v) is 12.1. The third kappa shape index (κ3) is 3.94. The number of anilines is 2. The Morgan fingerprint density at radius 2 is 2.10 bits per heavy atom. The van der Waals surface area contributed by atoms with E-state index in [0.29, 0.717) is 17.5 Å². The van der Waals surface area contributed by atoms with Crippen LogP contribution in [0.4, 0.5) is 10.8 Å². The van der Waals surface area contributed by atoms with Crippen LogP contribution < -0.4 is 10.9 Å². The van der Waals surface area contributed by atoms with E-state index >= 15 is 0 Å². The summed E-state index contributed by atoms with van der Waals surface area (Å²) in [5, 5.41) is 13.2. The average Bonchev–Trinajstić information content (AvgIpc) is 3.30. The van der Waals surface area contributed by atoms with Gasteiger partial charge in [-0.25, -0.2) is 4.98 Å². The second-order valence-corrected chi connectivity index (χ2v) is 10.5. The lowest BCUT2D eigenvalue weighted by atomic mass is 9.89. The summed E-state index contributed by atoms with van der Waals surface area (Å²) in [6.45, 7) is 2.27. The molecule has 0 saturated heterocycles. The van der Waals surface area contributed by atoms with Gasteiger partial charge < -0.3 is 10.3 Å². The number of H-pyrrole nitrogens is 1. The van der Waals surface area contributed by atoms with E-state index in [2.05, 4.69) is 27.4 Å². The molecule has 0 fully saturated rings. The molecule has 1 unspecified atom stereocenters. The van der Waals surface area contributed by atoms with E-state index in [1.807, 2.05) is 30.3 Å². The summed E-state index contributed by atoms with van der Waals surface area (Å²) in [4.78, 5) is 22.6.